The molecule has 0 aliphatic carbocycles. The van der Waals surface area contributed by atoms with Crippen LogP contribution in [0, 0.1) is 0 Å². The number of carbonyl (C=O) groups excluding carboxylic acids is 1. The maximum atomic E-state index is 11.8. The summed E-state index contributed by atoms with van der Waals surface area (Å²) in [6.45, 7) is 2.17. The molecule has 1 aromatic carbocycles. The van der Waals surface area contributed by atoms with Gasteiger partial charge in [0.25, 0.3) is 5.91 Å². The first-order valence-corrected chi connectivity index (χ1v) is 6.96. The molecule has 0 aliphatic heterocycles. The Bertz CT molecular complexity index is 537. The zero-order valence-corrected chi connectivity index (χ0v) is 11.5. The van der Waals surface area contributed by atoms with Crippen molar-refractivity contribution in [2.75, 3.05) is 6.54 Å². The highest BCUT2D eigenvalue weighted by molar-refractivity contribution is 7.16. The van der Waals surface area contributed by atoms with Gasteiger partial charge in [-0.1, -0.05) is 30.3 Å². The SMILES string of the molecule is CC(O)CCNC(=O)c1cnc(-c2ccccc2)s1. The summed E-state index contributed by atoms with van der Waals surface area (Å²) in [6.07, 6.45) is 1.74. The van der Waals surface area contributed by atoms with Crippen LogP contribution in [-0.4, -0.2) is 28.6 Å². The minimum absolute atomic E-state index is 0.139. The van der Waals surface area contributed by atoms with Gasteiger partial charge in [0.2, 0.25) is 0 Å². The third-order valence-electron chi connectivity index (χ3n) is 2.60. The molecule has 0 aliphatic rings. The minimum atomic E-state index is -0.401. The van der Waals surface area contributed by atoms with E-state index in [-0.39, 0.29) is 5.91 Å². The van der Waals surface area contributed by atoms with E-state index in [1.807, 2.05) is 30.3 Å². The Kier molecular flexibility index (Phi) is 4.65. The molecule has 2 aromatic rings. The summed E-state index contributed by atoms with van der Waals surface area (Å²) in [4.78, 5) is 16.7. The summed E-state index contributed by atoms with van der Waals surface area (Å²) in [5.74, 6) is -0.139. The van der Waals surface area contributed by atoms with Gasteiger partial charge in [-0.15, -0.1) is 11.3 Å². The Morgan fingerprint density at radius 2 is 2.16 bits per heavy atom. The molecule has 1 heterocycles. The Balaban J connectivity index is 1.99. The fourth-order valence-electron chi connectivity index (χ4n) is 1.57. The zero-order chi connectivity index (χ0) is 13.7. The Labute approximate surface area is 116 Å². The molecule has 1 atom stereocenters. The highest BCUT2D eigenvalue weighted by atomic mass is 32.1. The van der Waals surface area contributed by atoms with Gasteiger partial charge in [-0.25, -0.2) is 4.98 Å². The lowest BCUT2D eigenvalue weighted by atomic mass is 10.2. The molecule has 0 bridgehead atoms. The van der Waals surface area contributed by atoms with Crippen molar-refractivity contribution in [3.63, 3.8) is 0 Å². The normalized spacial score (nSPS) is 12.1. The number of aliphatic hydroxyl groups excluding tert-OH is 1. The van der Waals surface area contributed by atoms with Crippen molar-refractivity contribution >= 4 is 17.2 Å². The van der Waals surface area contributed by atoms with Gasteiger partial charge in [0.15, 0.2) is 0 Å². The molecule has 0 saturated carbocycles. The van der Waals surface area contributed by atoms with Crippen molar-refractivity contribution in [3.05, 3.63) is 41.4 Å². The molecular weight excluding hydrogens is 260 g/mol. The highest BCUT2D eigenvalue weighted by Gasteiger charge is 2.11. The van der Waals surface area contributed by atoms with Crippen LogP contribution < -0.4 is 5.32 Å². The molecule has 1 amide bonds. The average Bonchev–Trinajstić information content (AvgIpc) is 2.89. The number of aliphatic hydroxyl groups is 1. The summed E-state index contributed by atoms with van der Waals surface area (Å²) in [5, 5.41) is 12.7. The molecule has 0 radical (unpaired) electrons. The molecule has 0 saturated heterocycles. The number of hydrogen-bond donors (Lipinski definition) is 2. The summed E-state index contributed by atoms with van der Waals surface area (Å²) < 4.78 is 0. The summed E-state index contributed by atoms with van der Waals surface area (Å²) in [6, 6.07) is 9.76. The molecule has 0 spiro atoms. The first kappa shape index (κ1) is 13.7. The number of rotatable bonds is 5. The molecule has 0 fully saturated rings. The Hall–Kier alpha value is -1.72. The van der Waals surface area contributed by atoms with Gasteiger partial charge < -0.3 is 10.4 Å². The predicted molar refractivity (Wildman–Crippen MR) is 76.2 cm³/mol. The van der Waals surface area contributed by atoms with Gasteiger partial charge in [0.05, 0.1) is 12.3 Å². The number of thiazole rings is 1. The second kappa shape index (κ2) is 6.45. The van der Waals surface area contributed by atoms with Crippen LogP contribution in [0.5, 0.6) is 0 Å². The molecule has 2 N–H and O–H groups in total. The van der Waals surface area contributed by atoms with Crippen molar-refractivity contribution in [2.24, 2.45) is 0 Å². The fourth-order valence-corrected chi connectivity index (χ4v) is 2.41. The molecule has 5 heteroatoms. The van der Waals surface area contributed by atoms with E-state index in [4.69, 9.17) is 5.11 Å². The van der Waals surface area contributed by atoms with E-state index in [0.717, 1.165) is 10.6 Å². The number of amides is 1. The van der Waals surface area contributed by atoms with Crippen LogP contribution in [0.2, 0.25) is 0 Å². The van der Waals surface area contributed by atoms with E-state index in [9.17, 15) is 4.79 Å². The third-order valence-corrected chi connectivity index (χ3v) is 3.64. The molecule has 2 rings (SSSR count). The van der Waals surface area contributed by atoms with Crippen LogP contribution in [0.15, 0.2) is 36.5 Å². The van der Waals surface area contributed by atoms with Gasteiger partial charge in [-0.05, 0) is 13.3 Å². The smallest absolute Gasteiger partial charge is 0.263 e. The second-order valence-electron chi connectivity index (χ2n) is 4.29. The lowest BCUT2D eigenvalue weighted by molar-refractivity contribution is 0.0949. The first-order valence-electron chi connectivity index (χ1n) is 6.14. The van der Waals surface area contributed by atoms with Crippen LogP contribution in [0.4, 0.5) is 0 Å². The fraction of sp³-hybridized carbons (Fsp3) is 0.286. The van der Waals surface area contributed by atoms with E-state index < -0.39 is 6.10 Å². The topological polar surface area (TPSA) is 62.2 Å². The maximum Gasteiger partial charge on any atom is 0.263 e. The third kappa shape index (κ3) is 3.87. The molecule has 1 unspecified atom stereocenters. The Morgan fingerprint density at radius 1 is 1.42 bits per heavy atom. The molecule has 4 nitrogen and oxygen atoms in total. The largest absolute Gasteiger partial charge is 0.393 e. The number of benzene rings is 1. The standard InChI is InChI=1S/C14H16N2O2S/c1-10(17)7-8-15-13(18)12-9-16-14(19-12)11-5-3-2-4-6-11/h2-6,9-10,17H,7-8H2,1H3,(H,15,18). The molecule has 100 valence electrons. The molecule has 19 heavy (non-hydrogen) atoms. The van der Waals surface area contributed by atoms with Gasteiger partial charge >= 0.3 is 0 Å². The Morgan fingerprint density at radius 3 is 2.84 bits per heavy atom. The van der Waals surface area contributed by atoms with Gasteiger partial charge in [-0.2, -0.15) is 0 Å². The maximum absolute atomic E-state index is 11.8. The van der Waals surface area contributed by atoms with Crippen molar-refractivity contribution < 1.29 is 9.90 Å². The van der Waals surface area contributed by atoms with Crippen LogP contribution in [0.25, 0.3) is 10.6 Å². The molecule has 1 aromatic heterocycles. The highest BCUT2D eigenvalue weighted by Crippen LogP contribution is 2.24. The summed E-state index contributed by atoms with van der Waals surface area (Å²) in [5.41, 5.74) is 1.01. The van der Waals surface area contributed by atoms with Crippen molar-refractivity contribution in [2.45, 2.75) is 19.4 Å². The van der Waals surface area contributed by atoms with Gasteiger partial charge in [0, 0.05) is 12.1 Å². The number of hydrogen-bond acceptors (Lipinski definition) is 4. The van der Waals surface area contributed by atoms with Crippen LogP contribution >= 0.6 is 11.3 Å². The van der Waals surface area contributed by atoms with Crippen molar-refractivity contribution in [3.8, 4) is 10.6 Å². The van der Waals surface area contributed by atoms with Crippen molar-refractivity contribution in [1.29, 1.82) is 0 Å². The van der Waals surface area contributed by atoms with E-state index in [0.29, 0.717) is 17.8 Å². The number of nitrogens with zero attached hydrogens (tertiary/aromatic N) is 1. The van der Waals surface area contributed by atoms with Crippen molar-refractivity contribution in [1.82, 2.24) is 10.3 Å². The average molecular weight is 276 g/mol. The molecular formula is C14H16N2O2S. The zero-order valence-electron chi connectivity index (χ0n) is 10.7. The van der Waals surface area contributed by atoms with E-state index in [1.165, 1.54) is 11.3 Å². The van der Waals surface area contributed by atoms with Crippen LogP contribution in [0.1, 0.15) is 23.0 Å². The lowest BCUT2D eigenvalue weighted by Gasteiger charge is -2.04. The minimum Gasteiger partial charge on any atom is -0.393 e. The summed E-state index contributed by atoms with van der Waals surface area (Å²) in [7, 11) is 0. The second-order valence-corrected chi connectivity index (χ2v) is 5.32. The first-order chi connectivity index (χ1) is 9.16. The summed E-state index contributed by atoms with van der Waals surface area (Å²) >= 11 is 1.37. The number of aromatic nitrogens is 1. The monoisotopic (exact) mass is 276 g/mol. The van der Waals surface area contributed by atoms with E-state index in [2.05, 4.69) is 10.3 Å². The predicted octanol–water partition coefficient (Wildman–Crippen LogP) is 2.31. The van der Waals surface area contributed by atoms with Crippen LogP contribution in [-0.2, 0) is 0 Å². The van der Waals surface area contributed by atoms with Crippen LogP contribution in [0.3, 0.4) is 0 Å². The van der Waals surface area contributed by atoms with E-state index in [1.54, 1.807) is 13.1 Å². The number of nitrogens with one attached hydrogen (secondary N) is 1. The lowest BCUT2D eigenvalue weighted by Crippen LogP contribution is -2.25. The van der Waals surface area contributed by atoms with Gasteiger partial charge in [-0.3, -0.25) is 4.79 Å². The van der Waals surface area contributed by atoms with E-state index >= 15 is 0 Å². The number of carbonyl (C=O) groups is 1. The van der Waals surface area contributed by atoms with Gasteiger partial charge in [0.1, 0.15) is 9.88 Å². The quantitative estimate of drug-likeness (QED) is 0.881.